The summed E-state index contributed by atoms with van der Waals surface area (Å²) in [5, 5.41) is 0. The number of hydrogen-bond donors (Lipinski definition) is 1. The predicted molar refractivity (Wildman–Crippen MR) is 99.2 cm³/mol. The second-order valence-corrected chi connectivity index (χ2v) is 5.80. The number of nitrogens with zero attached hydrogens (tertiary/aromatic N) is 1. The van der Waals surface area contributed by atoms with Crippen molar-refractivity contribution in [2.75, 3.05) is 13.7 Å². The van der Waals surface area contributed by atoms with E-state index in [-0.39, 0.29) is 0 Å². The number of benzene rings is 2. The highest BCUT2D eigenvalue weighted by molar-refractivity contribution is 5.80. The second-order valence-electron chi connectivity index (χ2n) is 5.80. The molecule has 0 saturated carbocycles. The third-order valence-corrected chi connectivity index (χ3v) is 3.78. The molecule has 0 unspecified atom stereocenters. The number of hydrogen-bond acceptors (Lipinski definition) is 4. The van der Waals surface area contributed by atoms with Gasteiger partial charge < -0.3 is 14.5 Å². The summed E-state index contributed by atoms with van der Waals surface area (Å²) in [6.45, 7) is 3.04. The van der Waals surface area contributed by atoms with E-state index in [1.165, 1.54) is 23.1 Å². The molecule has 0 aliphatic heterocycles. The van der Waals surface area contributed by atoms with Crippen molar-refractivity contribution >= 4 is 12.2 Å². The predicted octanol–water partition coefficient (Wildman–Crippen LogP) is 4.36. The maximum Gasteiger partial charge on any atom is 0.440 e. The van der Waals surface area contributed by atoms with E-state index in [9.17, 15) is 9.59 Å². The Hall–Kier alpha value is -3.02. The largest absolute Gasteiger partial charge is 0.451 e. The molecule has 2 amide bonds. The number of carbonyl (C=O) groups is 2. The summed E-state index contributed by atoms with van der Waals surface area (Å²) >= 11 is 0. The standard InChI is InChI=1S/C14H20N2O4.C6H4/c1-3-4-10-16(11-12-8-6-5-7-9-12)14(18)20-15-13(17)19-2;1-2-5-4-6(5)3-1/h5-9H,3-4,10-11H2,1-2H3,(H,15,17);1-4H. The van der Waals surface area contributed by atoms with Crippen LogP contribution in [0.25, 0.3) is 11.1 Å². The third-order valence-electron chi connectivity index (χ3n) is 3.78. The number of carbonyl (C=O) groups excluding carboxylic acids is 2. The van der Waals surface area contributed by atoms with Crippen LogP contribution in [0.4, 0.5) is 9.59 Å². The monoisotopic (exact) mass is 356 g/mol. The topological polar surface area (TPSA) is 67.9 Å². The molecule has 2 aliphatic carbocycles. The maximum atomic E-state index is 11.9. The van der Waals surface area contributed by atoms with Gasteiger partial charge in [-0.25, -0.2) is 9.59 Å². The number of nitrogens with one attached hydrogen (secondary N) is 1. The molecule has 26 heavy (non-hydrogen) atoms. The fourth-order valence-corrected chi connectivity index (χ4v) is 2.25. The third kappa shape index (κ3) is 6.47. The van der Waals surface area contributed by atoms with Gasteiger partial charge in [-0.05, 0) is 29.2 Å². The van der Waals surface area contributed by atoms with Gasteiger partial charge in [0.1, 0.15) is 0 Å². The van der Waals surface area contributed by atoms with Crippen LogP contribution in [0.3, 0.4) is 0 Å². The zero-order chi connectivity index (χ0) is 18.8. The Morgan fingerprint density at radius 3 is 2.23 bits per heavy atom. The van der Waals surface area contributed by atoms with Crippen LogP contribution in [0.5, 0.6) is 0 Å². The van der Waals surface area contributed by atoms with Gasteiger partial charge in [0.25, 0.3) is 0 Å². The Morgan fingerprint density at radius 1 is 1.04 bits per heavy atom. The van der Waals surface area contributed by atoms with Gasteiger partial charge in [-0.15, -0.1) is 5.48 Å². The van der Waals surface area contributed by atoms with Crippen molar-refractivity contribution in [3.05, 3.63) is 60.2 Å². The lowest BCUT2D eigenvalue weighted by molar-refractivity contribution is 0.0463. The molecule has 6 heteroatoms. The molecule has 0 bridgehead atoms. The molecule has 3 rings (SSSR count). The summed E-state index contributed by atoms with van der Waals surface area (Å²) in [6, 6.07) is 18.1. The Bertz CT molecular complexity index is 702. The molecule has 0 saturated heterocycles. The van der Waals surface area contributed by atoms with Gasteiger partial charge in [0, 0.05) is 13.1 Å². The molecule has 0 atom stereocenters. The normalized spacial score (nSPS) is 10.1. The van der Waals surface area contributed by atoms with Gasteiger partial charge in [-0.1, -0.05) is 61.9 Å². The molecule has 2 aliphatic rings. The van der Waals surface area contributed by atoms with E-state index in [0.29, 0.717) is 13.1 Å². The van der Waals surface area contributed by atoms with Gasteiger partial charge >= 0.3 is 12.2 Å². The first-order chi connectivity index (χ1) is 12.6. The Morgan fingerprint density at radius 2 is 1.73 bits per heavy atom. The summed E-state index contributed by atoms with van der Waals surface area (Å²) in [5.74, 6) is 0. The molecule has 138 valence electrons. The summed E-state index contributed by atoms with van der Waals surface area (Å²) < 4.78 is 4.33. The fourth-order valence-electron chi connectivity index (χ4n) is 2.25. The van der Waals surface area contributed by atoms with Crippen LogP contribution >= 0.6 is 0 Å². The number of ether oxygens (including phenoxy) is 1. The SMILES string of the molecule is CCCCN(Cc1ccccc1)C(=O)ONC(=O)OC.c1cc2cc-2c1. The lowest BCUT2D eigenvalue weighted by atomic mass is 10.2. The molecule has 1 aromatic carbocycles. The highest BCUT2D eigenvalue weighted by Gasteiger charge is 2.16. The first-order valence-corrected chi connectivity index (χ1v) is 8.58. The Labute approximate surface area is 153 Å². The summed E-state index contributed by atoms with van der Waals surface area (Å²) in [7, 11) is 1.20. The first-order valence-electron chi connectivity index (χ1n) is 8.58. The molecule has 0 fully saturated rings. The van der Waals surface area contributed by atoms with Gasteiger partial charge in [-0.2, -0.15) is 0 Å². The number of methoxy groups -OCH3 is 1. The molecule has 1 aromatic rings. The Balaban J connectivity index is 0.000000331. The quantitative estimate of drug-likeness (QED) is 0.690. The van der Waals surface area contributed by atoms with Crippen LogP contribution in [0, 0.1) is 0 Å². The van der Waals surface area contributed by atoms with Gasteiger partial charge in [0.2, 0.25) is 0 Å². The van der Waals surface area contributed by atoms with Crippen LogP contribution in [-0.4, -0.2) is 30.7 Å². The van der Waals surface area contributed by atoms with Gasteiger partial charge in [0.05, 0.1) is 7.11 Å². The molecule has 6 nitrogen and oxygen atoms in total. The average molecular weight is 356 g/mol. The van der Waals surface area contributed by atoms with E-state index in [1.807, 2.05) is 42.7 Å². The van der Waals surface area contributed by atoms with E-state index >= 15 is 0 Å². The van der Waals surface area contributed by atoms with Crippen molar-refractivity contribution in [2.45, 2.75) is 26.3 Å². The minimum atomic E-state index is -0.812. The number of fused-ring (bicyclic) bond motifs is 1. The highest BCUT2D eigenvalue weighted by atomic mass is 16.7. The number of amides is 2. The molecular weight excluding hydrogens is 332 g/mol. The smallest absolute Gasteiger partial charge is 0.440 e. The molecule has 0 heterocycles. The summed E-state index contributed by atoms with van der Waals surface area (Å²) in [4.78, 5) is 29.0. The molecule has 0 aromatic heterocycles. The minimum Gasteiger partial charge on any atom is -0.451 e. The van der Waals surface area contributed by atoms with Crippen LogP contribution in [0.1, 0.15) is 25.3 Å². The minimum absolute atomic E-state index is 0.433. The number of rotatable bonds is 5. The lowest BCUT2D eigenvalue weighted by Gasteiger charge is -2.21. The van der Waals surface area contributed by atoms with Gasteiger partial charge in [0.15, 0.2) is 0 Å². The van der Waals surface area contributed by atoms with Crippen LogP contribution in [0.15, 0.2) is 54.6 Å². The average Bonchev–Trinajstić information content (AvgIpc) is 3.28. The number of hydroxylamine groups is 1. The lowest BCUT2D eigenvalue weighted by Crippen LogP contribution is -2.37. The van der Waals surface area contributed by atoms with Crippen molar-refractivity contribution < 1.29 is 19.2 Å². The zero-order valence-electron chi connectivity index (χ0n) is 15.1. The maximum absolute atomic E-state index is 11.9. The number of unbranched alkanes of at least 4 members (excludes halogenated alkanes) is 1. The van der Waals surface area contributed by atoms with Crippen molar-refractivity contribution in [3.63, 3.8) is 0 Å². The van der Waals surface area contributed by atoms with Crippen LogP contribution < -0.4 is 5.48 Å². The summed E-state index contributed by atoms with van der Waals surface area (Å²) in [6.07, 6.45) is 0.407. The molecular formula is C20H24N2O4. The summed E-state index contributed by atoms with van der Waals surface area (Å²) in [5.41, 5.74) is 5.77. The zero-order valence-corrected chi connectivity index (χ0v) is 15.1. The van der Waals surface area contributed by atoms with E-state index < -0.39 is 12.2 Å². The van der Waals surface area contributed by atoms with Crippen molar-refractivity contribution in [2.24, 2.45) is 0 Å². The van der Waals surface area contributed by atoms with E-state index in [0.717, 1.165) is 18.4 Å². The Kier molecular flexibility index (Phi) is 7.49. The van der Waals surface area contributed by atoms with Crippen molar-refractivity contribution in [3.8, 4) is 11.1 Å². The van der Waals surface area contributed by atoms with Crippen molar-refractivity contribution in [1.82, 2.24) is 10.4 Å². The fraction of sp³-hybridized carbons (Fsp3) is 0.300. The highest BCUT2D eigenvalue weighted by Crippen LogP contribution is 2.32. The van der Waals surface area contributed by atoms with E-state index in [2.05, 4.69) is 33.8 Å². The van der Waals surface area contributed by atoms with E-state index in [4.69, 9.17) is 0 Å². The van der Waals surface area contributed by atoms with E-state index in [1.54, 1.807) is 0 Å². The van der Waals surface area contributed by atoms with Crippen LogP contribution in [-0.2, 0) is 16.1 Å². The molecule has 0 spiro atoms. The molecule has 0 radical (unpaired) electrons. The first kappa shape index (κ1) is 19.3. The second kappa shape index (κ2) is 10.1. The van der Waals surface area contributed by atoms with Crippen LogP contribution in [0.2, 0.25) is 0 Å². The molecule has 1 N–H and O–H groups in total. The van der Waals surface area contributed by atoms with Crippen molar-refractivity contribution in [1.29, 1.82) is 0 Å². The van der Waals surface area contributed by atoms with Gasteiger partial charge in [-0.3, -0.25) is 0 Å².